The molecule has 2 aliphatic rings. The van der Waals surface area contributed by atoms with Gasteiger partial charge in [0.15, 0.2) is 0 Å². The molecule has 0 bridgehead atoms. The Balaban J connectivity index is 1.48. The normalized spacial score (nSPS) is 29.3. The van der Waals surface area contributed by atoms with Gasteiger partial charge in [-0.3, -0.25) is 9.59 Å². The van der Waals surface area contributed by atoms with E-state index in [1.165, 1.54) is 11.3 Å². The monoisotopic (exact) mass is 498 g/mol. The largest absolute Gasteiger partial charge is 0.497 e. The molecule has 1 aromatic heterocycles. The van der Waals surface area contributed by atoms with Crippen LogP contribution < -0.4 is 15.4 Å². The highest BCUT2D eigenvalue weighted by Gasteiger charge is 2.61. The molecule has 35 heavy (non-hydrogen) atoms. The minimum Gasteiger partial charge on any atom is -0.497 e. The van der Waals surface area contributed by atoms with Gasteiger partial charge in [-0.25, -0.2) is 0 Å². The van der Waals surface area contributed by atoms with Gasteiger partial charge < -0.3 is 20.5 Å². The van der Waals surface area contributed by atoms with Crippen LogP contribution in [0.4, 0.5) is 0 Å². The highest BCUT2D eigenvalue weighted by Crippen LogP contribution is 2.63. The first kappa shape index (κ1) is 25.7. The number of methoxy groups -OCH3 is 1. The molecule has 0 spiro atoms. The Morgan fingerprint density at radius 3 is 2.51 bits per heavy atom. The molecular weight excluding hydrogens is 460 g/mol. The number of carbonyl (C=O) groups is 2. The molecule has 0 radical (unpaired) electrons. The van der Waals surface area contributed by atoms with Crippen LogP contribution in [0.5, 0.6) is 5.75 Å². The predicted molar refractivity (Wildman–Crippen MR) is 138 cm³/mol. The van der Waals surface area contributed by atoms with Crippen LogP contribution in [0.15, 0.2) is 41.8 Å². The van der Waals surface area contributed by atoms with Crippen molar-refractivity contribution < 1.29 is 19.4 Å². The van der Waals surface area contributed by atoms with Crippen molar-refractivity contribution in [2.24, 2.45) is 16.7 Å². The maximum absolute atomic E-state index is 13.0. The van der Waals surface area contributed by atoms with Crippen LogP contribution in [0.25, 0.3) is 0 Å². The summed E-state index contributed by atoms with van der Waals surface area (Å²) in [7, 11) is 1.63. The fourth-order valence-electron chi connectivity index (χ4n) is 6.45. The van der Waals surface area contributed by atoms with Gasteiger partial charge in [-0.15, -0.1) is 11.3 Å². The molecular formula is C28H38N2O4S. The summed E-state index contributed by atoms with van der Waals surface area (Å²) in [4.78, 5) is 26.6. The summed E-state index contributed by atoms with van der Waals surface area (Å²) < 4.78 is 5.20. The number of rotatable bonds is 8. The molecule has 2 aromatic rings. The average Bonchev–Trinajstić information content (AvgIpc) is 3.43. The standard InChI is InChI=1S/C28H38N2O4S/c1-26(2)17-23(30-25(32)21-6-5-15-35-21)28(14-13-27(3,33)16-22(26)28)12-11-24(31)29-18-19-7-9-20(34-4)10-8-19/h5-10,15,22-23,33H,11-14,16-18H2,1-4H3,(H,29,31)(H,30,32). The number of nitrogens with one attached hydrogen (secondary N) is 2. The van der Waals surface area contributed by atoms with E-state index < -0.39 is 5.60 Å². The van der Waals surface area contributed by atoms with Crippen molar-refractivity contribution in [3.63, 3.8) is 0 Å². The number of aliphatic hydroxyl groups is 1. The molecule has 0 saturated heterocycles. The van der Waals surface area contributed by atoms with Crippen LogP contribution in [0.2, 0.25) is 0 Å². The Hall–Kier alpha value is -2.38. The van der Waals surface area contributed by atoms with Gasteiger partial charge >= 0.3 is 0 Å². The first-order valence-electron chi connectivity index (χ1n) is 12.5. The van der Waals surface area contributed by atoms with Gasteiger partial charge in [0, 0.05) is 19.0 Å². The summed E-state index contributed by atoms with van der Waals surface area (Å²) in [5, 5.41) is 19.2. The molecule has 0 aliphatic heterocycles. The smallest absolute Gasteiger partial charge is 0.261 e. The van der Waals surface area contributed by atoms with Crippen molar-refractivity contribution in [1.82, 2.24) is 10.6 Å². The van der Waals surface area contributed by atoms with Crippen LogP contribution in [0, 0.1) is 16.7 Å². The molecule has 4 atom stereocenters. The summed E-state index contributed by atoms with van der Waals surface area (Å²) in [6.45, 7) is 6.88. The zero-order chi connectivity index (χ0) is 25.3. The lowest BCUT2D eigenvalue weighted by Gasteiger charge is -2.50. The Morgan fingerprint density at radius 2 is 1.86 bits per heavy atom. The second-order valence-electron chi connectivity index (χ2n) is 11.3. The highest BCUT2D eigenvalue weighted by atomic mass is 32.1. The number of hydrogen-bond donors (Lipinski definition) is 3. The van der Waals surface area contributed by atoms with Crippen LogP contribution in [-0.4, -0.2) is 35.7 Å². The van der Waals surface area contributed by atoms with E-state index in [-0.39, 0.29) is 34.6 Å². The number of thiophene rings is 1. The zero-order valence-corrected chi connectivity index (χ0v) is 22.0. The summed E-state index contributed by atoms with van der Waals surface area (Å²) in [6.07, 6.45) is 4.11. The molecule has 4 rings (SSSR count). The zero-order valence-electron chi connectivity index (χ0n) is 21.2. The second kappa shape index (κ2) is 9.94. The third-order valence-electron chi connectivity index (χ3n) is 8.35. The number of benzene rings is 1. The number of carbonyl (C=O) groups excluding carboxylic acids is 2. The summed E-state index contributed by atoms with van der Waals surface area (Å²) in [5.74, 6) is 0.987. The Kier molecular flexibility index (Phi) is 7.30. The second-order valence-corrected chi connectivity index (χ2v) is 12.3. The van der Waals surface area contributed by atoms with E-state index in [4.69, 9.17) is 4.74 Å². The van der Waals surface area contributed by atoms with Crippen LogP contribution in [-0.2, 0) is 11.3 Å². The predicted octanol–water partition coefficient (Wildman–Crippen LogP) is 4.92. The van der Waals surface area contributed by atoms with Gasteiger partial charge in [-0.05, 0) is 84.9 Å². The van der Waals surface area contributed by atoms with Gasteiger partial charge in [-0.2, -0.15) is 0 Å². The summed E-state index contributed by atoms with van der Waals surface area (Å²) >= 11 is 1.44. The van der Waals surface area contributed by atoms with Gasteiger partial charge in [0.05, 0.1) is 17.6 Å². The number of fused-ring (bicyclic) bond motifs is 1. The number of ether oxygens (including phenoxy) is 1. The third-order valence-corrected chi connectivity index (χ3v) is 9.22. The number of hydrogen-bond acceptors (Lipinski definition) is 5. The van der Waals surface area contributed by atoms with E-state index in [1.54, 1.807) is 7.11 Å². The third kappa shape index (κ3) is 5.56. The molecule has 2 fully saturated rings. The van der Waals surface area contributed by atoms with Crippen molar-refractivity contribution in [1.29, 1.82) is 0 Å². The topological polar surface area (TPSA) is 87.7 Å². The fraction of sp³-hybridized carbons (Fsp3) is 0.571. The van der Waals surface area contributed by atoms with E-state index in [0.29, 0.717) is 37.1 Å². The van der Waals surface area contributed by atoms with Crippen molar-refractivity contribution in [2.45, 2.75) is 77.5 Å². The van der Waals surface area contributed by atoms with E-state index in [1.807, 2.05) is 48.7 Å². The molecule has 2 aliphatic carbocycles. The first-order chi connectivity index (χ1) is 16.5. The molecule has 2 saturated carbocycles. The quantitative estimate of drug-likeness (QED) is 0.482. The van der Waals surface area contributed by atoms with Gasteiger partial charge in [0.2, 0.25) is 5.91 Å². The number of amides is 2. The molecule has 3 N–H and O–H groups in total. The van der Waals surface area contributed by atoms with Gasteiger partial charge in [-0.1, -0.05) is 32.0 Å². The maximum atomic E-state index is 13.0. The molecule has 7 heteroatoms. The molecule has 2 amide bonds. The van der Waals surface area contributed by atoms with Crippen LogP contribution in [0.3, 0.4) is 0 Å². The van der Waals surface area contributed by atoms with Crippen molar-refractivity contribution in [3.8, 4) is 5.75 Å². The lowest BCUT2D eigenvalue weighted by Crippen LogP contribution is -2.52. The summed E-state index contributed by atoms with van der Waals surface area (Å²) in [6, 6.07) is 11.4. The lowest BCUT2D eigenvalue weighted by atomic mass is 9.57. The molecule has 4 unspecified atom stereocenters. The SMILES string of the molecule is COc1ccc(CNC(=O)CCC23CCC(C)(O)CC2C(C)(C)CC3NC(=O)c2cccs2)cc1. The Bertz CT molecular complexity index is 1030. The van der Waals surface area contributed by atoms with Crippen LogP contribution in [0.1, 0.15) is 74.5 Å². The van der Waals surface area contributed by atoms with Crippen molar-refractivity contribution >= 4 is 23.2 Å². The van der Waals surface area contributed by atoms with E-state index in [9.17, 15) is 14.7 Å². The highest BCUT2D eigenvalue weighted by molar-refractivity contribution is 7.12. The van der Waals surface area contributed by atoms with E-state index in [2.05, 4.69) is 24.5 Å². The van der Waals surface area contributed by atoms with Crippen molar-refractivity contribution in [2.75, 3.05) is 7.11 Å². The van der Waals surface area contributed by atoms with E-state index >= 15 is 0 Å². The molecule has 190 valence electrons. The molecule has 6 nitrogen and oxygen atoms in total. The minimum absolute atomic E-state index is 0.0133. The van der Waals surface area contributed by atoms with E-state index in [0.717, 1.165) is 24.2 Å². The molecule has 1 heterocycles. The summed E-state index contributed by atoms with van der Waals surface area (Å²) in [5.41, 5.74) is 0.0503. The van der Waals surface area contributed by atoms with Crippen molar-refractivity contribution in [3.05, 3.63) is 52.2 Å². The van der Waals surface area contributed by atoms with Gasteiger partial charge in [0.1, 0.15) is 5.75 Å². The lowest BCUT2D eigenvalue weighted by molar-refractivity contribution is -0.123. The average molecular weight is 499 g/mol. The Morgan fingerprint density at radius 1 is 1.11 bits per heavy atom. The Labute approximate surface area is 212 Å². The first-order valence-corrected chi connectivity index (χ1v) is 13.4. The van der Waals surface area contributed by atoms with Crippen LogP contribution >= 0.6 is 11.3 Å². The minimum atomic E-state index is -0.714. The fourth-order valence-corrected chi connectivity index (χ4v) is 7.08. The maximum Gasteiger partial charge on any atom is 0.261 e. The molecule has 1 aromatic carbocycles. The van der Waals surface area contributed by atoms with Gasteiger partial charge in [0.25, 0.3) is 5.91 Å².